The van der Waals surface area contributed by atoms with Crippen molar-refractivity contribution >= 4 is 11.6 Å². The van der Waals surface area contributed by atoms with E-state index in [0.29, 0.717) is 24.9 Å². The predicted molar refractivity (Wildman–Crippen MR) is 118 cm³/mol. The zero-order valence-corrected chi connectivity index (χ0v) is 18.9. The molecule has 0 aliphatic carbocycles. The van der Waals surface area contributed by atoms with Gasteiger partial charge >= 0.3 is 6.18 Å². The Kier molecular flexibility index (Phi) is 6.96. The van der Waals surface area contributed by atoms with Gasteiger partial charge in [0.05, 0.1) is 17.8 Å². The number of oxime groups is 1. The van der Waals surface area contributed by atoms with Crippen LogP contribution in [0.2, 0.25) is 0 Å². The van der Waals surface area contributed by atoms with Crippen molar-refractivity contribution in [1.29, 1.82) is 0 Å². The Balaban J connectivity index is 1.72. The van der Waals surface area contributed by atoms with Crippen molar-refractivity contribution in [2.45, 2.75) is 59.4 Å². The summed E-state index contributed by atoms with van der Waals surface area (Å²) in [6.07, 6.45) is -3.80. The van der Waals surface area contributed by atoms with Crippen LogP contribution in [-0.4, -0.2) is 29.2 Å². The molecule has 0 fully saturated rings. The van der Waals surface area contributed by atoms with Gasteiger partial charge in [-0.05, 0) is 35.6 Å². The van der Waals surface area contributed by atoms with E-state index in [1.54, 1.807) is 4.90 Å². The van der Waals surface area contributed by atoms with Crippen LogP contribution in [0.15, 0.2) is 53.7 Å². The van der Waals surface area contributed by atoms with Crippen molar-refractivity contribution < 1.29 is 22.8 Å². The summed E-state index contributed by atoms with van der Waals surface area (Å²) in [7, 11) is 0. The van der Waals surface area contributed by atoms with Gasteiger partial charge in [-0.1, -0.05) is 62.3 Å². The van der Waals surface area contributed by atoms with Gasteiger partial charge in [-0.15, -0.1) is 0 Å². The monoisotopic (exact) mass is 446 g/mol. The molecule has 172 valence electrons. The number of halogens is 3. The summed E-state index contributed by atoms with van der Waals surface area (Å²) >= 11 is 0. The Hall–Kier alpha value is -2.83. The van der Waals surface area contributed by atoms with Crippen LogP contribution in [0.25, 0.3) is 0 Å². The number of carbonyl (C=O) groups excluding carboxylic acids is 1. The summed E-state index contributed by atoms with van der Waals surface area (Å²) in [5.41, 5.74) is 2.68. The minimum atomic E-state index is -4.39. The second-order valence-corrected chi connectivity index (χ2v) is 9.49. The number of hydrogen-bond acceptors (Lipinski definition) is 3. The zero-order valence-electron chi connectivity index (χ0n) is 18.9. The molecule has 4 nitrogen and oxygen atoms in total. The fourth-order valence-corrected chi connectivity index (χ4v) is 3.67. The van der Waals surface area contributed by atoms with Gasteiger partial charge in [0, 0.05) is 24.9 Å². The number of nitrogens with zero attached hydrogens (tertiary/aromatic N) is 2. The third kappa shape index (κ3) is 6.34. The smallest absolute Gasteiger partial charge is 0.390 e. The van der Waals surface area contributed by atoms with Crippen LogP contribution < -0.4 is 0 Å². The quantitative estimate of drug-likeness (QED) is 0.548. The summed E-state index contributed by atoms with van der Waals surface area (Å²) in [6.45, 7) is 8.47. The van der Waals surface area contributed by atoms with Crippen LogP contribution in [0.4, 0.5) is 13.2 Å². The first kappa shape index (κ1) is 23.8. The van der Waals surface area contributed by atoms with Gasteiger partial charge < -0.3 is 9.74 Å². The van der Waals surface area contributed by atoms with E-state index in [1.165, 1.54) is 12.1 Å². The van der Waals surface area contributed by atoms with Crippen molar-refractivity contribution in [1.82, 2.24) is 4.90 Å². The van der Waals surface area contributed by atoms with Crippen LogP contribution in [0, 0.1) is 12.3 Å². The molecule has 1 aliphatic rings. The predicted octanol–water partition coefficient (Wildman–Crippen LogP) is 5.97. The highest BCUT2D eigenvalue weighted by Gasteiger charge is 2.31. The second kappa shape index (κ2) is 9.35. The molecule has 0 bridgehead atoms. The molecule has 1 amide bonds. The Bertz CT molecular complexity index is 976. The lowest BCUT2D eigenvalue weighted by Gasteiger charge is -2.28. The number of hydrogen-bond donors (Lipinski definition) is 0. The summed E-state index contributed by atoms with van der Waals surface area (Å²) in [5.74, 6) is -0.0645. The largest absolute Gasteiger partial charge is 0.416 e. The lowest BCUT2D eigenvalue weighted by atomic mass is 9.91. The molecule has 0 saturated heterocycles. The summed E-state index contributed by atoms with van der Waals surface area (Å²) in [6, 6.07) is 12.8. The van der Waals surface area contributed by atoms with Crippen molar-refractivity contribution in [3.8, 4) is 0 Å². The van der Waals surface area contributed by atoms with Crippen molar-refractivity contribution in [2.24, 2.45) is 10.6 Å². The highest BCUT2D eigenvalue weighted by Crippen LogP contribution is 2.30. The number of aryl methyl sites for hydroxylation is 1. The maximum Gasteiger partial charge on any atom is 0.416 e. The number of rotatable bonds is 6. The molecule has 0 unspecified atom stereocenters. The molecule has 2 aromatic carbocycles. The fourth-order valence-electron chi connectivity index (χ4n) is 3.67. The maximum absolute atomic E-state index is 13.0. The summed E-state index contributed by atoms with van der Waals surface area (Å²) in [4.78, 5) is 20.3. The Morgan fingerprint density at radius 1 is 1.09 bits per heavy atom. The van der Waals surface area contributed by atoms with E-state index in [1.807, 2.05) is 52.0 Å². The molecule has 3 rings (SSSR count). The Labute approximate surface area is 187 Å². The van der Waals surface area contributed by atoms with Crippen LogP contribution in [0.3, 0.4) is 0 Å². The highest BCUT2D eigenvalue weighted by molar-refractivity contribution is 6.02. The first-order chi connectivity index (χ1) is 14.9. The zero-order chi connectivity index (χ0) is 23.5. The van der Waals surface area contributed by atoms with E-state index >= 15 is 0 Å². The first-order valence-electron chi connectivity index (χ1n) is 10.6. The van der Waals surface area contributed by atoms with E-state index in [2.05, 4.69) is 5.16 Å². The summed E-state index contributed by atoms with van der Waals surface area (Å²) < 4.78 is 38.6. The molecule has 0 N–H and O–H groups in total. The van der Waals surface area contributed by atoms with E-state index in [0.717, 1.165) is 29.0 Å². The number of benzene rings is 2. The molecule has 32 heavy (non-hydrogen) atoms. The van der Waals surface area contributed by atoms with Crippen LogP contribution in [0.1, 0.15) is 55.9 Å². The van der Waals surface area contributed by atoms with Gasteiger partial charge in [0.25, 0.3) is 0 Å². The minimum absolute atomic E-state index is 0.0645. The maximum atomic E-state index is 13.0. The van der Waals surface area contributed by atoms with Crippen LogP contribution >= 0.6 is 0 Å². The van der Waals surface area contributed by atoms with E-state index in [4.69, 9.17) is 4.84 Å². The fraction of sp³-hybridized carbons (Fsp3) is 0.440. The average Bonchev–Trinajstić information content (AvgIpc) is 3.14. The van der Waals surface area contributed by atoms with Crippen molar-refractivity contribution in [3.63, 3.8) is 0 Å². The van der Waals surface area contributed by atoms with Crippen LogP contribution in [-0.2, 0) is 22.4 Å². The topological polar surface area (TPSA) is 41.9 Å². The normalized spacial score (nSPS) is 16.5. The molecule has 0 radical (unpaired) electrons. The SMILES string of the molecule is Cc1ccccc1C1=NO[C@H](CN(Cc2ccc(C(F)(F)F)cc2)C(=O)CC(C)(C)C)C1. The lowest BCUT2D eigenvalue weighted by molar-refractivity contribution is -0.138. The van der Waals surface area contributed by atoms with E-state index in [-0.39, 0.29) is 24.0 Å². The number of carbonyl (C=O) groups is 1. The lowest BCUT2D eigenvalue weighted by Crippen LogP contribution is -2.38. The van der Waals surface area contributed by atoms with E-state index < -0.39 is 11.7 Å². The van der Waals surface area contributed by atoms with Gasteiger partial charge in [-0.2, -0.15) is 13.2 Å². The Morgan fingerprint density at radius 2 is 1.75 bits per heavy atom. The molecule has 1 heterocycles. The molecule has 2 aromatic rings. The molecular formula is C25H29F3N2O2. The van der Waals surface area contributed by atoms with Gasteiger partial charge in [-0.25, -0.2) is 0 Å². The third-order valence-corrected chi connectivity index (χ3v) is 5.30. The van der Waals surface area contributed by atoms with Gasteiger partial charge in [0.2, 0.25) is 5.91 Å². The second-order valence-electron chi connectivity index (χ2n) is 9.49. The highest BCUT2D eigenvalue weighted by atomic mass is 19.4. The molecule has 0 spiro atoms. The number of alkyl halides is 3. The standard InChI is InChI=1S/C25H29F3N2O2/c1-17-7-5-6-8-21(17)22-13-20(32-29-22)16-30(23(31)14-24(2,3)4)15-18-9-11-19(12-10-18)25(26,27)28/h5-12,20H,13-16H2,1-4H3/t20-/m0/s1. The van der Waals surface area contributed by atoms with Crippen molar-refractivity contribution in [3.05, 3.63) is 70.8 Å². The molecule has 1 aliphatic heterocycles. The molecule has 0 aromatic heterocycles. The first-order valence-corrected chi connectivity index (χ1v) is 10.6. The van der Waals surface area contributed by atoms with Crippen LogP contribution in [0.5, 0.6) is 0 Å². The van der Waals surface area contributed by atoms with Gasteiger partial charge in [0.15, 0.2) is 6.10 Å². The molecule has 1 atom stereocenters. The van der Waals surface area contributed by atoms with Crippen molar-refractivity contribution in [2.75, 3.05) is 6.54 Å². The Morgan fingerprint density at radius 3 is 2.34 bits per heavy atom. The number of amides is 1. The molecule has 0 saturated carbocycles. The third-order valence-electron chi connectivity index (χ3n) is 5.30. The summed E-state index contributed by atoms with van der Waals surface area (Å²) in [5, 5.41) is 4.23. The van der Waals surface area contributed by atoms with Gasteiger partial charge in [0.1, 0.15) is 0 Å². The molecular weight excluding hydrogens is 417 g/mol. The molecule has 7 heteroatoms. The van der Waals surface area contributed by atoms with E-state index in [9.17, 15) is 18.0 Å². The van der Waals surface area contributed by atoms with Gasteiger partial charge in [-0.3, -0.25) is 4.79 Å². The average molecular weight is 447 g/mol. The minimum Gasteiger partial charge on any atom is -0.390 e.